The minimum absolute atomic E-state index is 0.0619. The van der Waals surface area contributed by atoms with Crippen LogP contribution in [-0.4, -0.2) is 29.6 Å². The predicted octanol–water partition coefficient (Wildman–Crippen LogP) is 7.12. The van der Waals surface area contributed by atoms with E-state index in [-0.39, 0.29) is 35.8 Å². The SMILES string of the molecule is CC1CCN(c2ccc(C(=O)Cc3ccc(Nc4ccc(CC(=O)c5cc[nH]c5)cc4F)c(F)c3)cc2)CC1. The molecule has 5 nitrogen and oxygen atoms in total. The minimum Gasteiger partial charge on any atom is -0.372 e. The van der Waals surface area contributed by atoms with Gasteiger partial charge in [0.2, 0.25) is 0 Å². The summed E-state index contributed by atoms with van der Waals surface area (Å²) in [6, 6.07) is 18.1. The van der Waals surface area contributed by atoms with E-state index in [2.05, 4.69) is 22.1 Å². The average Bonchev–Trinajstić information content (AvgIpc) is 3.48. The van der Waals surface area contributed by atoms with E-state index in [4.69, 9.17) is 0 Å². The van der Waals surface area contributed by atoms with E-state index in [9.17, 15) is 18.4 Å². The van der Waals surface area contributed by atoms with Crippen LogP contribution in [0.5, 0.6) is 0 Å². The molecule has 5 rings (SSSR count). The molecular formula is C32H31F2N3O2. The van der Waals surface area contributed by atoms with Crippen LogP contribution in [0, 0.1) is 17.6 Å². The lowest BCUT2D eigenvalue weighted by Gasteiger charge is -2.32. The van der Waals surface area contributed by atoms with Crippen LogP contribution in [0.25, 0.3) is 0 Å². The smallest absolute Gasteiger partial charge is 0.168 e. The lowest BCUT2D eigenvalue weighted by atomic mass is 9.98. The number of nitrogens with zero attached hydrogens (tertiary/aromatic N) is 1. The molecule has 200 valence electrons. The highest BCUT2D eigenvalue weighted by molar-refractivity contribution is 5.98. The van der Waals surface area contributed by atoms with Crippen LogP contribution in [0.1, 0.15) is 51.6 Å². The van der Waals surface area contributed by atoms with Gasteiger partial charge in [0.15, 0.2) is 11.6 Å². The van der Waals surface area contributed by atoms with E-state index >= 15 is 0 Å². The maximum Gasteiger partial charge on any atom is 0.168 e. The fourth-order valence-electron chi connectivity index (χ4n) is 4.88. The van der Waals surface area contributed by atoms with Crippen molar-refractivity contribution in [1.29, 1.82) is 0 Å². The average molecular weight is 528 g/mol. The van der Waals surface area contributed by atoms with E-state index in [0.717, 1.165) is 24.7 Å². The lowest BCUT2D eigenvalue weighted by molar-refractivity contribution is 0.0985. The monoisotopic (exact) mass is 527 g/mol. The van der Waals surface area contributed by atoms with Gasteiger partial charge in [-0.3, -0.25) is 9.59 Å². The summed E-state index contributed by atoms with van der Waals surface area (Å²) in [5.41, 5.74) is 3.49. The van der Waals surface area contributed by atoms with Crippen molar-refractivity contribution in [2.24, 2.45) is 5.92 Å². The number of H-pyrrole nitrogens is 1. The standard InChI is InChI=1S/C32H31F2N3O2/c1-21-11-14-37(15-12-21)26-6-4-24(5-7-26)31(38)18-22-2-8-29(27(33)16-22)36-30-9-3-23(17-28(30)34)19-32(39)25-10-13-35-20-25/h2-10,13,16-17,20-21,35-36H,11-12,14-15,18-19H2,1H3. The van der Waals surface area contributed by atoms with Crippen molar-refractivity contribution in [1.82, 2.24) is 4.98 Å². The van der Waals surface area contributed by atoms with E-state index in [1.165, 1.54) is 37.1 Å². The summed E-state index contributed by atoms with van der Waals surface area (Å²) in [6.07, 6.45) is 5.73. The van der Waals surface area contributed by atoms with Crippen molar-refractivity contribution in [3.63, 3.8) is 0 Å². The van der Waals surface area contributed by atoms with E-state index < -0.39 is 11.6 Å². The van der Waals surface area contributed by atoms with Gasteiger partial charge in [0.05, 0.1) is 11.4 Å². The molecule has 0 saturated carbocycles. The minimum atomic E-state index is -0.587. The van der Waals surface area contributed by atoms with Crippen molar-refractivity contribution in [2.45, 2.75) is 32.6 Å². The maximum absolute atomic E-state index is 14.9. The molecule has 1 aromatic heterocycles. The second-order valence-corrected chi connectivity index (χ2v) is 10.3. The Hall–Kier alpha value is -4.26. The van der Waals surface area contributed by atoms with Gasteiger partial charge < -0.3 is 15.2 Å². The van der Waals surface area contributed by atoms with Crippen LogP contribution >= 0.6 is 0 Å². The van der Waals surface area contributed by atoms with Crippen LogP contribution in [0.3, 0.4) is 0 Å². The van der Waals surface area contributed by atoms with E-state index in [0.29, 0.717) is 22.3 Å². The number of nitrogens with one attached hydrogen (secondary N) is 2. The maximum atomic E-state index is 14.9. The third kappa shape index (κ3) is 6.42. The first-order valence-corrected chi connectivity index (χ1v) is 13.2. The van der Waals surface area contributed by atoms with Gasteiger partial charge in [-0.25, -0.2) is 8.78 Å². The summed E-state index contributed by atoms with van der Waals surface area (Å²) >= 11 is 0. The fraction of sp³-hybridized carbons (Fsp3) is 0.250. The van der Waals surface area contributed by atoms with Crippen LogP contribution in [-0.2, 0) is 12.8 Å². The Morgan fingerprint density at radius 1 is 0.821 bits per heavy atom. The number of aromatic nitrogens is 1. The van der Waals surface area contributed by atoms with Gasteiger partial charge in [-0.05, 0) is 84.5 Å². The lowest BCUT2D eigenvalue weighted by Crippen LogP contribution is -2.32. The molecule has 1 aliphatic rings. The van der Waals surface area contributed by atoms with Crippen LogP contribution in [0.15, 0.2) is 79.1 Å². The molecule has 3 aromatic carbocycles. The van der Waals surface area contributed by atoms with E-state index in [1.54, 1.807) is 30.6 Å². The summed E-state index contributed by atoms with van der Waals surface area (Å²) in [5.74, 6) is -0.637. The predicted molar refractivity (Wildman–Crippen MR) is 150 cm³/mol. The number of hydrogen-bond donors (Lipinski definition) is 2. The summed E-state index contributed by atoms with van der Waals surface area (Å²) < 4.78 is 29.6. The Morgan fingerprint density at radius 3 is 1.90 bits per heavy atom. The Kier molecular flexibility index (Phi) is 7.87. The topological polar surface area (TPSA) is 65.2 Å². The zero-order chi connectivity index (χ0) is 27.4. The van der Waals surface area contributed by atoms with Gasteiger partial charge in [-0.1, -0.05) is 19.1 Å². The molecule has 0 spiro atoms. The number of rotatable bonds is 9. The molecule has 0 aliphatic carbocycles. The normalized spacial score (nSPS) is 13.9. The molecule has 0 radical (unpaired) electrons. The Morgan fingerprint density at radius 2 is 1.38 bits per heavy atom. The molecule has 0 amide bonds. The van der Waals surface area contributed by atoms with Gasteiger partial charge in [-0.15, -0.1) is 0 Å². The number of Topliss-reactive ketones (excluding diaryl/α,β-unsaturated/α-hetero) is 2. The highest BCUT2D eigenvalue weighted by Crippen LogP contribution is 2.26. The summed E-state index contributed by atoms with van der Waals surface area (Å²) in [5, 5.41) is 2.77. The zero-order valence-corrected chi connectivity index (χ0v) is 21.8. The number of carbonyl (C=O) groups is 2. The number of anilines is 3. The molecule has 1 saturated heterocycles. The van der Waals surface area contributed by atoms with Crippen molar-refractivity contribution < 1.29 is 18.4 Å². The molecule has 2 heterocycles. The molecule has 4 aromatic rings. The highest BCUT2D eigenvalue weighted by Gasteiger charge is 2.17. The van der Waals surface area contributed by atoms with Gasteiger partial charge in [0, 0.05) is 55.1 Å². The fourth-order valence-corrected chi connectivity index (χ4v) is 4.88. The summed E-state index contributed by atoms with van der Waals surface area (Å²) in [4.78, 5) is 30.3. The van der Waals surface area contributed by atoms with Crippen LogP contribution in [0.2, 0.25) is 0 Å². The van der Waals surface area contributed by atoms with E-state index in [1.807, 2.05) is 24.3 Å². The Labute approximate surface area is 226 Å². The number of ketones is 2. The molecule has 1 fully saturated rings. The van der Waals surface area contributed by atoms with Gasteiger partial charge in [0.25, 0.3) is 0 Å². The summed E-state index contributed by atoms with van der Waals surface area (Å²) in [7, 11) is 0. The van der Waals surface area contributed by atoms with Gasteiger partial charge >= 0.3 is 0 Å². The molecule has 2 N–H and O–H groups in total. The number of carbonyl (C=O) groups excluding carboxylic acids is 2. The second kappa shape index (κ2) is 11.6. The molecule has 0 unspecified atom stereocenters. The number of hydrogen-bond acceptors (Lipinski definition) is 4. The first-order chi connectivity index (χ1) is 18.9. The van der Waals surface area contributed by atoms with Gasteiger partial charge in [0.1, 0.15) is 11.6 Å². The van der Waals surface area contributed by atoms with Crippen molar-refractivity contribution in [3.8, 4) is 0 Å². The highest BCUT2D eigenvalue weighted by atomic mass is 19.1. The first kappa shape index (κ1) is 26.4. The molecule has 1 aliphatic heterocycles. The molecule has 7 heteroatoms. The molecule has 39 heavy (non-hydrogen) atoms. The summed E-state index contributed by atoms with van der Waals surface area (Å²) in [6.45, 7) is 4.32. The third-order valence-corrected chi connectivity index (χ3v) is 7.32. The number of benzene rings is 3. The van der Waals surface area contributed by atoms with Crippen LogP contribution in [0.4, 0.5) is 25.8 Å². The Bertz CT molecular complexity index is 1460. The van der Waals surface area contributed by atoms with Crippen molar-refractivity contribution >= 4 is 28.6 Å². The number of piperidine rings is 1. The van der Waals surface area contributed by atoms with Crippen molar-refractivity contribution in [2.75, 3.05) is 23.3 Å². The Balaban J connectivity index is 1.19. The van der Waals surface area contributed by atoms with Crippen molar-refractivity contribution in [3.05, 3.63) is 113 Å². The zero-order valence-electron chi connectivity index (χ0n) is 21.8. The third-order valence-electron chi connectivity index (χ3n) is 7.32. The van der Waals surface area contributed by atoms with Crippen LogP contribution < -0.4 is 10.2 Å². The first-order valence-electron chi connectivity index (χ1n) is 13.2. The quantitative estimate of drug-likeness (QED) is 0.227. The molecular weight excluding hydrogens is 496 g/mol. The largest absolute Gasteiger partial charge is 0.372 e. The second-order valence-electron chi connectivity index (χ2n) is 10.3. The molecule has 0 atom stereocenters. The van der Waals surface area contributed by atoms with Gasteiger partial charge in [-0.2, -0.15) is 0 Å². The number of halogens is 2. The number of aromatic amines is 1. The molecule has 0 bridgehead atoms.